The summed E-state index contributed by atoms with van der Waals surface area (Å²) in [5.74, 6) is -0.0292. The van der Waals surface area contributed by atoms with Crippen LogP contribution in [0.3, 0.4) is 0 Å². The minimum atomic E-state index is -0.307. The highest BCUT2D eigenvalue weighted by atomic mass is 35.5. The van der Waals surface area contributed by atoms with E-state index in [0.717, 1.165) is 42.9 Å². The molecule has 3 heterocycles. The van der Waals surface area contributed by atoms with Gasteiger partial charge in [0.1, 0.15) is 6.04 Å². The number of hydrogen-bond acceptors (Lipinski definition) is 4. The van der Waals surface area contributed by atoms with Crippen LogP contribution in [0.4, 0.5) is 0 Å². The van der Waals surface area contributed by atoms with Crippen molar-refractivity contribution >= 4 is 23.4 Å². The van der Waals surface area contributed by atoms with Crippen LogP contribution in [-0.2, 0) is 14.3 Å². The smallest absolute Gasteiger partial charge is 0.243 e. The van der Waals surface area contributed by atoms with E-state index in [1.807, 2.05) is 24.3 Å². The van der Waals surface area contributed by atoms with Gasteiger partial charge in [-0.2, -0.15) is 0 Å². The number of nitrogens with zero attached hydrogens (tertiary/aromatic N) is 2. The lowest BCUT2D eigenvalue weighted by atomic mass is 10.1. The zero-order valence-electron chi connectivity index (χ0n) is 15.6. The van der Waals surface area contributed by atoms with Gasteiger partial charge in [0.25, 0.3) is 0 Å². The molecule has 0 spiro atoms. The Balaban J connectivity index is 1.34. The fraction of sp³-hybridized carbons (Fsp3) is 0.600. The molecule has 0 aromatic heterocycles. The van der Waals surface area contributed by atoms with Crippen molar-refractivity contribution in [2.45, 2.75) is 50.4 Å². The molecule has 1 N–H and O–H groups in total. The standard InChI is InChI=1S/C20H26ClN3O3/c1-13(25)24-8-2-3-18(24)20(26)22-16-9-17-12-27-19(11-23(17)10-16)14-4-6-15(21)7-5-14/h4-7,16-19H,2-3,8-12H2,1H3,(H,22,26)/t16-,17-,18-,19+/m0/s1. The zero-order chi connectivity index (χ0) is 19.0. The second-order valence-corrected chi connectivity index (χ2v) is 8.23. The highest BCUT2D eigenvalue weighted by Gasteiger charge is 2.40. The summed E-state index contributed by atoms with van der Waals surface area (Å²) in [5, 5.41) is 3.90. The summed E-state index contributed by atoms with van der Waals surface area (Å²) < 4.78 is 6.07. The summed E-state index contributed by atoms with van der Waals surface area (Å²) in [6.45, 7) is 4.54. The molecule has 0 saturated carbocycles. The van der Waals surface area contributed by atoms with Crippen molar-refractivity contribution in [3.63, 3.8) is 0 Å². The number of benzene rings is 1. The monoisotopic (exact) mass is 391 g/mol. The van der Waals surface area contributed by atoms with E-state index in [0.29, 0.717) is 19.2 Å². The van der Waals surface area contributed by atoms with Crippen LogP contribution in [0, 0.1) is 0 Å². The molecule has 2 amide bonds. The first-order valence-corrected chi connectivity index (χ1v) is 10.1. The quantitative estimate of drug-likeness (QED) is 0.855. The Morgan fingerprint density at radius 2 is 2.00 bits per heavy atom. The van der Waals surface area contributed by atoms with Gasteiger partial charge in [0, 0.05) is 43.7 Å². The van der Waals surface area contributed by atoms with Crippen LogP contribution in [0.25, 0.3) is 0 Å². The lowest BCUT2D eigenvalue weighted by Crippen LogP contribution is -2.49. The van der Waals surface area contributed by atoms with Gasteiger partial charge in [-0.15, -0.1) is 0 Å². The average Bonchev–Trinajstić information content (AvgIpc) is 3.28. The molecule has 4 atom stereocenters. The van der Waals surface area contributed by atoms with Gasteiger partial charge in [0.05, 0.1) is 12.7 Å². The van der Waals surface area contributed by atoms with Crippen LogP contribution in [0.1, 0.15) is 37.9 Å². The fourth-order valence-corrected chi connectivity index (χ4v) is 4.70. The van der Waals surface area contributed by atoms with Gasteiger partial charge in [0.2, 0.25) is 11.8 Å². The Morgan fingerprint density at radius 1 is 1.22 bits per heavy atom. The van der Waals surface area contributed by atoms with Crippen LogP contribution in [0.5, 0.6) is 0 Å². The van der Waals surface area contributed by atoms with E-state index >= 15 is 0 Å². The number of amides is 2. The number of nitrogens with one attached hydrogen (secondary N) is 1. The van der Waals surface area contributed by atoms with Crippen LogP contribution >= 0.6 is 11.6 Å². The molecular weight excluding hydrogens is 366 g/mol. The topological polar surface area (TPSA) is 61.9 Å². The molecular formula is C20H26ClN3O3. The van der Waals surface area contributed by atoms with Crippen molar-refractivity contribution in [3.05, 3.63) is 34.9 Å². The van der Waals surface area contributed by atoms with Crippen LogP contribution in [0.15, 0.2) is 24.3 Å². The molecule has 146 valence electrons. The number of morpholine rings is 1. The summed E-state index contributed by atoms with van der Waals surface area (Å²) in [7, 11) is 0. The van der Waals surface area contributed by atoms with E-state index in [9.17, 15) is 9.59 Å². The third-order valence-corrected chi connectivity index (χ3v) is 6.22. The van der Waals surface area contributed by atoms with E-state index < -0.39 is 0 Å². The molecule has 1 aromatic carbocycles. The van der Waals surface area contributed by atoms with Crippen molar-refractivity contribution in [1.82, 2.24) is 15.1 Å². The Morgan fingerprint density at radius 3 is 2.74 bits per heavy atom. The Bertz CT molecular complexity index is 711. The summed E-state index contributed by atoms with van der Waals surface area (Å²) in [6.07, 6.45) is 2.59. The van der Waals surface area contributed by atoms with E-state index in [1.165, 1.54) is 6.92 Å². The molecule has 3 fully saturated rings. The lowest BCUT2D eigenvalue weighted by molar-refractivity contribution is -0.137. The number of ether oxygens (including phenoxy) is 1. The van der Waals surface area contributed by atoms with Gasteiger partial charge < -0.3 is 15.0 Å². The van der Waals surface area contributed by atoms with Crippen LogP contribution in [-0.4, -0.2) is 66.0 Å². The molecule has 3 aliphatic rings. The summed E-state index contributed by atoms with van der Waals surface area (Å²) in [4.78, 5) is 28.5. The van der Waals surface area contributed by atoms with Crippen molar-refractivity contribution in [2.24, 2.45) is 0 Å². The lowest BCUT2D eigenvalue weighted by Gasteiger charge is -2.35. The Hall–Kier alpha value is -1.63. The maximum atomic E-state index is 12.7. The number of fused-ring (bicyclic) bond motifs is 1. The van der Waals surface area contributed by atoms with Crippen LogP contribution in [0.2, 0.25) is 5.02 Å². The molecule has 4 rings (SSSR count). The molecule has 27 heavy (non-hydrogen) atoms. The largest absolute Gasteiger partial charge is 0.371 e. The van der Waals surface area contributed by atoms with Gasteiger partial charge >= 0.3 is 0 Å². The first-order valence-electron chi connectivity index (χ1n) is 9.70. The van der Waals surface area contributed by atoms with Gasteiger partial charge in [-0.1, -0.05) is 23.7 Å². The van der Waals surface area contributed by atoms with Crippen molar-refractivity contribution in [2.75, 3.05) is 26.2 Å². The first kappa shape index (κ1) is 18.7. The second-order valence-electron chi connectivity index (χ2n) is 7.79. The molecule has 7 heteroatoms. The minimum Gasteiger partial charge on any atom is -0.371 e. The SMILES string of the molecule is CC(=O)N1CCC[C@H]1C(=O)N[C@H]1C[C@H]2CO[C@@H](c3ccc(Cl)cc3)CN2C1. The van der Waals surface area contributed by atoms with Gasteiger partial charge in [-0.25, -0.2) is 0 Å². The Kier molecular flexibility index (Phi) is 5.39. The maximum absolute atomic E-state index is 12.7. The third-order valence-electron chi connectivity index (χ3n) is 5.97. The van der Waals surface area contributed by atoms with Gasteiger partial charge in [-0.05, 0) is 37.0 Å². The van der Waals surface area contributed by atoms with E-state index in [4.69, 9.17) is 16.3 Å². The average molecular weight is 392 g/mol. The third kappa shape index (κ3) is 3.98. The number of halogens is 1. The predicted molar refractivity (Wildman–Crippen MR) is 102 cm³/mol. The highest BCUT2D eigenvalue weighted by molar-refractivity contribution is 6.30. The van der Waals surface area contributed by atoms with Crippen molar-refractivity contribution in [1.29, 1.82) is 0 Å². The molecule has 0 bridgehead atoms. The van der Waals surface area contributed by atoms with Gasteiger partial charge in [-0.3, -0.25) is 14.5 Å². The van der Waals surface area contributed by atoms with Crippen molar-refractivity contribution < 1.29 is 14.3 Å². The normalized spacial score (nSPS) is 31.0. The minimum absolute atomic E-state index is 0.0114. The van der Waals surface area contributed by atoms with Crippen molar-refractivity contribution in [3.8, 4) is 0 Å². The summed E-state index contributed by atoms with van der Waals surface area (Å²) in [6, 6.07) is 7.95. The molecule has 0 aliphatic carbocycles. The molecule has 0 radical (unpaired) electrons. The van der Waals surface area contributed by atoms with Crippen LogP contribution < -0.4 is 5.32 Å². The number of carbonyl (C=O) groups is 2. The number of rotatable bonds is 3. The number of hydrogen-bond donors (Lipinski definition) is 1. The number of carbonyl (C=O) groups excluding carboxylic acids is 2. The zero-order valence-corrected chi connectivity index (χ0v) is 16.3. The molecule has 3 saturated heterocycles. The van der Waals surface area contributed by atoms with E-state index in [2.05, 4.69) is 10.2 Å². The molecule has 3 aliphatic heterocycles. The molecule has 6 nitrogen and oxygen atoms in total. The van der Waals surface area contributed by atoms with E-state index in [-0.39, 0.29) is 30.0 Å². The first-order chi connectivity index (χ1) is 13.0. The van der Waals surface area contributed by atoms with E-state index in [1.54, 1.807) is 4.90 Å². The highest BCUT2D eigenvalue weighted by Crippen LogP contribution is 2.31. The fourth-order valence-electron chi connectivity index (χ4n) is 4.57. The Labute approximate surface area is 164 Å². The predicted octanol–water partition coefficient (Wildman–Crippen LogP) is 1.98. The second kappa shape index (κ2) is 7.78. The molecule has 1 aromatic rings. The molecule has 0 unspecified atom stereocenters. The van der Waals surface area contributed by atoms with Gasteiger partial charge in [0.15, 0.2) is 0 Å². The number of likely N-dealkylation sites (tertiary alicyclic amines) is 1. The summed E-state index contributed by atoms with van der Waals surface area (Å²) in [5.41, 5.74) is 1.13. The maximum Gasteiger partial charge on any atom is 0.243 e. The summed E-state index contributed by atoms with van der Waals surface area (Å²) >= 11 is 5.97.